The van der Waals surface area contributed by atoms with Gasteiger partial charge in [-0.1, -0.05) is 6.92 Å². The SMILES string of the molecule is CCc1ccc(Cn2cc(Br)cn2)s1. The average Bonchev–Trinajstić information content (AvgIpc) is 2.76. The molecule has 14 heavy (non-hydrogen) atoms. The van der Waals surface area contributed by atoms with Gasteiger partial charge in [0, 0.05) is 16.0 Å². The van der Waals surface area contributed by atoms with Crippen molar-refractivity contribution >= 4 is 27.3 Å². The van der Waals surface area contributed by atoms with Crippen molar-refractivity contribution in [2.75, 3.05) is 0 Å². The Bertz CT molecular complexity index is 419. The van der Waals surface area contributed by atoms with E-state index in [0.717, 1.165) is 17.4 Å². The summed E-state index contributed by atoms with van der Waals surface area (Å²) in [7, 11) is 0. The highest BCUT2D eigenvalue weighted by Gasteiger charge is 2.00. The minimum absolute atomic E-state index is 0.871. The van der Waals surface area contributed by atoms with Gasteiger partial charge in [0.15, 0.2) is 0 Å². The lowest BCUT2D eigenvalue weighted by Gasteiger charge is -1.96. The number of hydrogen-bond acceptors (Lipinski definition) is 2. The van der Waals surface area contributed by atoms with Crippen LogP contribution in [-0.4, -0.2) is 9.78 Å². The van der Waals surface area contributed by atoms with Crippen molar-refractivity contribution in [2.45, 2.75) is 19.9 Å². The summed E-state index contributed by atoms with van der Waals surface area (Å²) in [5, 5.41) is 4.22. The molecule has 2 heterocycles. The zero-order valence-electron chi connectivity index (χ0n) is 7.90. The molecular weight excluding hydrogens is 260 g/mol. The molecule has 4 heteroatoms. The average molecular weight is 271 g/mol. The third kappa shape index (κ3) is 2.25. The van der Waals surface area contributed by atoms with Crippen molar-refractivity contribution in [1.29, 1.82) is 0 Å². The van der Waals surface area contributed by atoms with Gasteiger partial charge in [-0.2, -0.15) is 5.10 Å². The first kappa shape index (κ1) is 9.93. The van der Waals surface area contributed by atoms with Crippen LogP contribution in [0.2, 0.25) is 0 Å². The van der Waals surface area contributed by atoms with Gasteiger partial charge in [0.1, 0.15) is 0 Å². The minimum atomic E-state index is 0.871. The topological polar surface area (TPSA) is 17.8 Å². The van der Waals surface area contributed by atoms with E-state index in [0.29, 0.717) is 0 Å². The molecule has 74 valence electrons. The first-order valence-corrected chi connectivity index (χ1v) is 6.14. The van der Waals surface area contributed by atoms with Crippen LogP contribution in [0, 0.1) is 0 Å². The normalized spacial score (nSPS) is 10.7. The predicted molar refractivity (Wildman–Crippen MR) is 62.7 cm³/mol. The van der Waals surface area contributed by atoms with Gasteiger partial charge < -0.3 is 0 Å². The van der Waals surface area contributed by atoms with Crippen LogP contribution in [0.1, 0.15) is 16.7 Å². The molecule has 2 aromatic rings. The molecule has 0 amide bonds. The second-order valence-corrected chi connectivity index (χ2v) is 5.25. The summed E-state index contributed by atoms with van der Waals surface area (Å²) in [4.78, 5) is 2.80. The number of halogens is 1. The maximum absolute atomic E-state index is 4.22. The Hall–Kier alpha value is -0.610. The summed E-state index contributed by atoms with van der Waals surface area (Å²) in [6, 6.07) is 4.37. The Balaban J connectivity index is 2.10. The number of nitrogens with zero attached hydrogens (tertiary/aromatic N) is 2. The molecule has 0 saturated heterocycles. The van der Waals surface area contributed by atoms with Gasteiger partial charge >= 0.3 is 0 Å². The fourth-order valence-corrected chi connectivity index (χ4v) is 2.56. The molecule has 0 atom stereocenters. The van der Waals surface area contributed by atoms with E-state index in [4.69, 9.17) is 0 Å². The summed E-state index contributed by atoms with van der Waals surface area (Å²) < 4.78 is 2.97. The van der Waals surface area contributed by atoms with Crippen LogP contribution in [0.25, 0.3) is 0 Å². The number of hydrogen-bond donors (Lipinski definition) is 0. The second kappa shape index (κ2) is 4.28. The minimum Gasteiger partial charge on any atom is -0.266 e. The Morgan fingerprint density at radius 3 is 2.79 bits per heavy atom. The highest BCUT2D eigenvalue weighted by atomic mass is 79.9. The number of rotatable bonds is 3. The standard InChI is InChI=1S/C10H11BrN2S/c1-2-9-3-4-10(14-9)7-13-6-8(11)5-12-13/h3-6H,2,7H2,1H3. The molecule has 0 aliphatic carbocycles. The molecule has 0 aromatic carbocycles. The van der Waals surface area contributed by atoms with E-state index in [1.54, 1.807) is 0 Å². The lowest BCUT2D eigenvalue weighted by Crippen LogP contribution is -1.97. The van der Waals surface area contributed by atoms with Crippen LogP contribution in [0.15, 0.2) is 29.0 Å². The van der Waals surface area contributed by atoms with Crippen molar-refractivity contribution in [1.82, 2.24) is 9.78 Å². The highest BCUT2D eigenvalue weighted by molar-refractivity contribution is 9.10. The van der Waals surface area contributed by atoms with Crippen molar-refractivity contribution in [3.8, 4) is 0 Å². The molecule has 0 radical (unpaired) electrons. The molecule has 2 nitrogen and oxygen atoms in total. The van der Waals surface area contributed by atoms with E-state index < -0.39 is 0 Å². The van der Waals surface area contributed by atoms with Crippen molar-refractivity contribution < 1.29 is 0 Å². The summed E-state index contributed by atoms with van der Waals surface area (Å²) in [6.45, 7) is 3.05. The van der Waals surface area contributed by atoms with Gasteiger partial charge in [-0.3, -0.25) is 4.68 Å². The van der Waals surface area contributed by atoms with Gasteiger partial charge in [0.05, 0.1) is 17.2 Å². The number of thiophene rings is 1. The second-order valence-electron chi connectivity index (χ2n) is 3.08. The molecule has 2 rings (SSSR count). The van der Waals surface area contributed by atoms with E-state index in [9.17, 15) is 0 Å². The summed E-state index contributed by atoms with van der Waals surface area (Å²) in [5.74, 6) is 0. The van der Waals surface area contributed by atoms with Crippen LogP contribution in [0.4, 0.5) is 0 Å². The van der Waals surface area contributed by atoms with E-state index in [1.807, 2.05) is 28.4 Å². The quantitative estimate of drug-likeness (QED) is 0.837. The monoisotopic (exact) mass is 270 g/mol. The largest absolute Gasteiger partial charge is 0.266 e. The third-order valence-electron chi connectivity index (χ3n) is 1.99. The zero-order chi connectivity index (χ0) is 9.97. The smallest absolute Gasteiger partial charge is 0.0752 e. The van der Waals surface area contributed by atoms with E-state index in [1.165, 1.54) is 9.75 Å². The molecular formula is C10H11BrN2S. The lowest BCUT2D eigenvalue weighted by atomic mass is 10.4. The maximum Gasteiger partial charge on any atom is 0.0752 e. The van der Waals surface area contributed by atoms with E-state index in [-0.39, 0.29) is 0 Å². The summed E-state index contributed by atoms with van der Waals surface area (Å²) >= 11 is 5.25. The molecule has 0 fully saturated rings. The van der Waals surface area contributed by atoms with Crippen molar-refractivity contribution in [3.05, 3.63) is 38.8 Å². The van der Waals surface area contributed by atoms with E-state index >= 15 is 0 Å². The Morgan fingerprint density at radius 2 is 2.21 bits per heavy atom. The predicted octanol–water partition coefficient (Wildman–Crippen LogP) is 3.32. The maximum atomic E-state index is 4.22. The van der Waals surface area contributed by atoms with Gasteiger partial charge in [-0.05, 0) is 34.5 Å². The third-order valence-corrected chi connectivity index (χ3v) is 3.61. The van der Waals surface area contributed by atoms with Crippen LogP contribution < -0.4 is 0 Å². The highest BCUT2D eigenvalue weighted by Crippen LogP contribution is 2.18. The van der Waals surface area contributed by atoms with E-state index in [2.05, 4.69) is 40.1 Å². The number of aromatic nitrogens is 2. The summed E-state index contributed by atoms with van der Waals surface area (Å²) in [6.07, 6.45) is 4.92. The Kier molecular flexibility index (Phi) is 3.03. The first-order valence-electron chi connectivity index (χ1n) is 4.53. The zero-order valence-corrected chi connectivity index (χ0v) is 10.3. The molecule has 0 spiro atoms. The Labute approximate surface area is 95.7 Å². The molecule has 0 N–H and O–H groups in total. The van der Waals surface area contributed by atoms with Gasteiger partial charge in [0.2, 0.25) is 0 Å². The van der Waals surface area contributed by atoms with Gasteiger partial charge in [-0.15, -0.1) is 11.3 Å². The van der Waals surface area contributed by atoms with Gasteiger partial charge in [-0.25, -0.2) is 0 Å². The molecule has 0 saturated carbocycles. The lowest BCUT2D eigenvalue weighted by molar-refractivity contribution is 0.694. The van der Waals surface area contributed by atoms with Gasteiger partial charge in [0.25, 0.3) is 0 Å². The van der Waals surface area contributed by atoms with Crippen LogP contribution in [0.3, 0.4) is 0 Å². The fourth-order valence-electron chi connectivity index (χ4n) is 1.28. The van der Waals surface area contributed by atoms with Crippen LogP contribution >= 0.6 is 27.3 Å². The molecule has 2 aromatic heterocycles. The fraction of sp³-hybridized carbons (Fsp3) is 0.300. The van der Waals surface area contributed by atoms with Crippen molar-refractivity contribution in [3.63, 3.8) is 0 Å². The van der Waals surface area contributed by atoms with Crippen LogP contribution in [-0.2, 0) is 13.0 Å². The molecule has 0 unspecified atom stereocenters. The molecule has 0 aliphatic heterocycles. The molecule has 0 bridgehead atoms. The summed E-state index contributed by atoms with van der Waals surface area (Å²) in [5.41, 5.74) is 0. The first-order chi connectivity index (χ1) is 6.78. The Morgan fingerprint density at radius 1 is 1.43 bits per heavy atom. The molecule has 0 aliphatic rings. The van der Waals surface area contributed by atoms with Crippen LogP contribution in [0.5, 0.6) is 0 Å². The van der Waals surface area contributed by atoms with Crippen molar-refractivity contribution in [2.24, 2.45) is 0 Å². The number of aryl methyl sites for hydroxylation is 1.